The fourth-order valence-electron chi connectivity index (χ4n) is 1.79. The highest BCUT2D eigenvalue weighted by Crippen LogP contribution is 2.16. The van der Waals surface area contributed by atoms with Crippen LogP contribution in [0.15, 0.2) is 12.3 Å². The number of aryl methyl sites for hydroxylation is 1. The number of carboxylic acids is 1. The van der Waals surface area contributed by atoms with Gasteiger partial charge in [0.05, 0.1) is 5.56 Å². The SMILES string of the molecule is CC(C)Cc1nc2cc(C(=O)O)cnc2n1C. The standard InChI is InChI=1S/C12H15N3O2/c1-7(2)4-10-14-9-5-8(12(16)17)6-13-11(9)15(10)3/h5-7H,4H2,1-3H3,(H,16,17). The summed E-state index contributed by atoms with van der Waals surface area (Å²) in [5.74, 6) is 0.463. The highest BCUT2D eigenvalue weighted by Gasteiger charge is 2.12. The molecule has 0 aliphatic heterocycles. The second-order valence-electron chi connectivity index (χ2n) is 4.56. The van der Waals surface area contributed by atoms with E-state index in [0.717, 1.165) is 17.9 Å². The van der Waals surface area contributed by atoms with Crippen molar-refractivity contribution in [3.05, 3.63) is 23.7 Å². The van der Waals surface area contributed by atoms with Crippen molar-refractivity contribution in [2.75, 3.05) is 0 Å². The van der Waals surface area contributed by atoms with Gasteiger partial charge in [-0.25, -0.2) is 14.8 Å². The molecule has 0 amide bonds. The number of hydrogen-bond donors (Lipinski definition) is 1. The summed E-state index contributed by atoms with van der Waals surface area (Å²) in [6.07, 6.45) is 2.22. The molecule has 0 aliphatic rings. The summed E-state index contributed by atoms with van der Waals surface area (Å²) in [5, 5.41) is 8.89. The summed E-state index contributed by atoms with van der Waals surface area (Å²) >= 11 is 0. The van der Waals surface area contributed by atoms with Crippen LogP contribution in [0.4, 0.5) is 0 Å². The van der Waals surface area contributed by atoms with E-state index in [4.69, 9.17) is 5.11 Å². The van der Waals surface area contributed by atoms with Crippen LogP contribution in [0.25, 0.3) is 11.2 Å². The summed E-state index contributed by atoms with van der Waals surface area (Å²) in [6.45, 7) is 4.24. The van der Waals surface area contributed by atoms with E-state index in [-0.39, 0.29) is 5.56 Å². The van der Waals surface area contributed by atoms with Crippen LogP contribution in [0.3, 0.4) is 0 Å². The Morgan fingerprint density at radius 3 is 2.82 bits per heavy atom. The van der Waals surface area contributed by atoms with Crippen LogP contribution >= 0.6 is 0 Å². The van der Waals surface area contributed by atoms with Gasteiger partial charge >= 0.3 is 5.97 Å². The van der Waals surface area contributed by atoms with Gasteiger partial charge in [-0.2, -0.15) is 0 Å². The number of imidazole rings is 1. The molecular formula is C12H15N3O2. The third-order valence-corrected chi connectivity index (χ3v) is 2.64. The lowest BCUT2D eigenvalue weighted by Gasteiger charge is -2.03. The molecule has 0 aliphatic carbocycles. The first-order valence-corrected chi connectivity index (χ1v) is 5.53. The van der Waals surface area contributed by atoms with Gasteiger partial charge in [-0.3, -0.25) is 0 Å². The van der Waals surface area contributed by atoms with E-state index < -0.39 is 5.97 Å². The third kappa shape index (κ3) is 2.13. The molecule has 0 aromatic carbocycles. The van der Waals surface area contributed by atoms with Crippen LogP contribution in [0.2, 0.25) is 0 Å². The molecule has 0 fully saturated rings. The van der Waals surface area contributed by atoms with Crippen molar-refractivity contribution in [3.63, 3.8) is 0 Å². The third-order valence-electron chi connectivity index (χ3n) is 2.64. The Balaban J connectivity index is 2.53. The molecule has 0 saturated heterocycles. The fraction of sp³-hybridized carbons (Fsp3) is 0.417. The summed E-state index contributed by atoms with van der Waals surface area (Å²) in [4.78, 5) is 19.4. The van der Waals surface area contributed by atoms with Crippen LogP contribution in [0.5, 0.6) is 0 Å². The number of nitrogens with zero attached hydrogens (tertiary/aromatic N) is 3. The summed E-state index contributed by atoms with van der Waals surface area (Å²) in [5.41, 5.74) is 1.54. The van der Waals surface area contributed by atoms with Gasteiger partial charge in [-0.05, 0) is 12.0 Å². The number of rotatable bonds is 3. The lowest BCUT2D eigenvalue weighted by Crippen LogP contribution is -2.03. The van der Waals surface area contributed by atoms with E-state index in [1.165, 1.54) is 6.20 Å². The number of aromatic carboxylic acids is 1. The Morgan fingerprint density at radius 1 is 1.53 bits per heavy atom. The van der Waals surface area contributed by atoms with Gasteiger partial charge < -0.3 is 9.67 Å². The molecule has 1 N–H and O–H groups in total. The minimum atomic E-state index is -0.976. The maximum Gasteiger partial charge on any atom is 0.337 e. The molecule has 5 nitrogen and oxygen atoms in total. The Kier molecular flexibility index (Phi) is 2.83. The number of aromatic nitrogens is 3. The molecule has 2 aromatic heterocycles. The summed E-state index contributed by atoms with van der Waals surface area (Å²) in [7, 11) is 1.90. The van der Waals surface area contributed by atoms with Crippen molar-refractivity contribution in [2.24, 2.45) is 13.0 Å². The Morgan fingerprint density at radius 2 is 2.24 bits per heavy atom. The van der Waals surface area contributed by atoms with Crippen LogP contribution in [0.1, 0.15) is 30.0 Å². The molecule has 2 rings (SSSR count). The second kappa shape index (κ2) is 4.16. The molecule has 5 heteroatoms. The first kappa shape index (κ1) is 11.6. The number of hydrogen-bond acceptors (Lipinski definition) is 3. The van der Waals surface area contributed by atoms with E-state index in [0.29, 0.717) is 11.4 Å². The zero-order valence-corrected chi connectivity index (χ0v) is 10.1. The Bertz CT molecular complexity index is 572. The summed E-state index contributed by atoms with van der Waals surface area (Å²) in [6, 6.07) is 1.56. The second-order valence-corrected chi connectivity index (χ2v) is 4.56. The molecule has 17 heavy (non-hydrogen) atoms. The molecule has 0 bridgehead atoms. The van der Waals surface area contributed by atoms with Gasteiger partial charge in [0.1, 0.15) is 11.3 Å². The fourth-order valence-corrected chi connectivity index (χ4v) is 1.79. The topological polar surface area (TPSA) is 68.0 Å². The molecule has 90 valence electrons. The molecule has 0 spiro atoms. The first-order valence-electron chi connectivity index (χ1n) is 5.53. The van der Waals surface area contributed by atoms with Gasteiger partial charge in [-0.1, -0.05) is 13.8 Å². The van der Waals surface area contributed by atoms with Gasteiger partial charge in [0, 0.05) is 19.7 Å². The molecular weight excluding hydrogens is 218 g/mol. The molecule has 0 saturated carbocycles. The number of carboxylic acid groups (broad SMARTS) is 1. The van der Waals surface area contributed by atoms with Crippen molar-refractivity contribution in [1.82, 2.24) is 14.5 Å². The number of carbonyl (C=O) groups is 1. The summed E-state index contributed by atoms with van der Waals surface area (Å²) < 4.78 is 1.92. The van der Waals surface area contributed by atoms with E-state index >= 15 is 0 Å². The number of pyridine rings is 1. The monoisotopic (exact) mass is 233 g/mol. The van der Waals surface area contributed by atoms with Crippen molar-refractivity contribution in [3.8, 4) is 0 Å². The molecule has 0 unspecified atom stereocenters. The average molecular weight is 233 g/mol. The zero-order chi connectivity index (χ0) is 12.6. The molecule has 0 atom stereocenters. The predicted octanol–water partition coefficient (Wildman–Crippen LogP) is 1.86. The van der Waals surface area contributed by atoms with E-state index in [9.17, 15) is 4.79 Å². The maximum absolute atomic E-state index is 10.8. The normalized spacial score (nSPS) is 11.3. The van der Waals surface area contributed by atoms with Crippen molar-refractivity contribution < 1.29 is 9.90 Å². The van der Waals surface area contributed by atoms with Crippen molar-refractivity contribution >= 4 is 17.1 Å². The lowest BCUT2D eigenvalue weighted by molar-refractivity contribution is 0.0696. The highest BCUT2D eigenvalue weighted by molar-refractivity contribution is 5.90. The van der Waals surface area contributed by atoms with E-state index in [1.54, 1.807) is 6.07 Å². The lowest BCUT2D eigenvalue weighted by atomic mass is 10.1. The maximum atomic E-state index is 10.8. The van der Waals surface area contributed by atoms with Crippen molar-refractivity contribution in [2.45, 2.75) is 20.3 Å². The van der Waals surface area contributed by atoms with Crippen LogP contribution in [0, 0.1) is 5.92 Å². The average Bonchev–Trinajstić information content (AvgIpc) is 2.54. The minimum absolute atomic E-state index is 0.173. The van der Waals surface area contributed by atoms with Crippen LogP contribution in [-0.2, 0) is 13.5 Å². The molecule has 2 heterocycles. The highest BCUT2D eigenvalue weighted by atomic mass is 16.4. The van der Waals surface area contributed by atoms with E-state index in [1.807, 2.05) is 11.6 Å². The Labute approximate surface area is 99.1 Å². The largest absolute Gasteiger partial charge is 0.478 e. The smallest absolute Gasteiger partial charge is 0.337 e. The molecule has 2 aromatic rings. The molecule has 0 radical (unpaired) electrons. The van der Waals surface area contributed by atoms with Crippen LogP contribution < -0.4 is 0 Å². The zero-order valence-electron chi connectivity index (χ0n) is 10.1. The Hall–Kier alpha value is -1.91. The van der Waals surface area contributed by atoms with Gasteiger partial charge in [0.2, 0.25) is 0 Å². The first-order chi connectivity index (χ1) is 7.99. The van der Waals surface area contributed by atoms with Gasteiger partial charge in [0.25, 0.3) is 0 Å². The van der Waals surface area contributed by atoms with Crippen molar-refractivity contribution in [1.29, 1.82) is 0 Å². The quantitative estimate of drug-likeness (QED) is 0.878. The minimum Gasteiger partial charge on any atom is -0.478 e. The van der Waals surface area contributed by atoms with Gasteiger partial charge in [0.15, 0.2) is 5.65 Å². The predicted molar refractivity (Wildman–Crippen MR) is 64.0 cm³/mol. The van der Waals surface area contributed by atoms with Gasteiger partial charge in [-0.15, -0.1) is 0 Å². The van der Waals surface area contributed by atoms with Crippen LogP contribution in [-0.4, -0.2) is 25.6 Å². The van der Waals surface area contributed by atoms with E-state index in [2.05, 4.69) is 23.8 Å². The number of fused-ring (bicyclic) bond motifs is 1.